The van der Waals surface area contributed by atoms with Crippen LogP contribution in [-0.2, 0) is 24.1 Å². The molecule has 1 amide bonds. The summed E-state index contributed by atoms with van der Waals surface area (Å²) in [7, 11) is -1.46. The highest BCUT2D eigenvalue weighted by Gasteiger charge is 2.30. The van der Waals surface area contributed by atoms with Crippen LogP contribution in [0.3, 0.4) is 0 Å². The van der Waals surface area contributed by atoms with Crippen molar-refractivity contribution in [1.82, 2.24) is 5.32 Å². The van der Waals surface area contributed by atoms with Gasteiger partial charge in [0.25, 0.3) is 5.91 Å². The molecule has 1 heterocycles. The molecule has 0 aliphatic carbocycles. The minimum Gasteiger partial charge on any atom is -0.449 e. The van der Waals surface area contributed by atoms with Gasteiger partial charge in [0.15, 0.2) is 15.9 Å². The van der Waals surface area contributed by atoms with Crippen molar-refractivity contribution in [3.63, 3.8) is 0 Å². The number of thioether (sulfide) groups is 1. The van der Waals surface area contributed by atoms with E-state index in [0.717, 1.165) is 0 Å². The van der Waals surface area contributed by atoms with Crippen molar-refractivity contribution in [3.8, 4) is 0 Å². The standard InChI is InChI=1S/C17H23NO6S2/c1-12(16(19)18-8-9-23-2)24-17(20)14-5-3-4-6-15(14)25-13-7-10-26(21,22)11-13/h3-6,12-13H,7-11H2,1-2H3,(H,18,19)/t12-,13+/m1/s1. The van der Waals surface area contributed by atoms with Gasteiger partial charge in [-0.2, -0.15) is 0 Å². The molecule has 1 saturated heterocycles. The van der Waals surface area contributed by atoms with Crippen LogP contribution in [-0.4, -0.2) is 63.4 Å². The molecule has 2 rings (SSSR count). The van der Waals surface area contributed by atoms with Gasteiger partial charge < -0.3 is 14.8 Å². The molecule has 26 heavy (non-hydrogen) atoms. The first-order valence-electron chi connectivity index (χ1n) is 8.26. The zero-order chi connectivity index (χ0) is 19.2. The van der Waals surface area contributed by atoms with E-state index < -0.39 is 27.8 Å². The quantitative estimate of drug-likeness (QED) is 0.517. The van der Waals surface area contributed by atoms with Crippen molar-refractivity contribution in [3.05, 3.63) is 29.8 Å². The molecule has 1 N–H and O–H groups in total. The number of hydrogen-bond donors (Lipinski definition) is 1. The highest BCUT2D eigenvalue weighted by Crippen LogP contribution is 2.33. The fraction of sp³-hybridized carbons (Fsp3) is 0.529. The maximum Gasteiger partial charge on any atom is 0.340 e. The lowest BCUT2D eigenvalue weighted by Crippen LogP contribution is -2.37. The summed E-state index contributed by atoms with van der Waals surface area (Å²) >= 11 is 1.36. The smallest absolute Gasteiger partial charge is 0.340 e. The molecule has 0 spiro atoms. The van der Waals surface area contributed by atoms with Crippen molar-refractivity contribution in [2.45, 2.75) is 29.6 Å². The van der Waals surface area contributed by atoms with Crippen LogP contribution in [0.2, 0.25) is 0 Å². The predicted molar refractivity (Wildman–Crippen MR) is 99.1 cm³/mol. The van der Waals surface area contributed by atoms with Crippen LogP contribution in [0, 0.1) is 0 Å². The maximum absolute atomic E-state index is 12.5. The minimum absolute atomic E-state index is 0.0799. The number of methoxy groups -OCH3 is 1. The Morgan fingerprint density at radius 3 is 2.73 bits per heavy atom. The topological polar surface area (TPSA) is 98.8 Å². The van der Waals surface area contributed by atoms with Gasteiger partial charge in [-0.15, -0.1) is 11.8 Å². The molecule has 2 atom stereocenters. The van der Waals surface area contributed by atoms with Crippen molar-refractivity contribution >= 4 is 33.5 Å². The van der Waals surface area contributed by atoms with E-state index in [0.29, 0.717) is 30.0 Å². The summed E-state index contributed by atoms with van der Waals surface area (Å²) in [5.41, 5.74) is 0.332. The highest BCUT2D eigenvalue weighted by molar-refractivity contribution is 8.02. The van der Waals surface area contributed by atoms with Crippen LogP contribution in [0.1, 0.15) is 23.7 Å². The molecular weight excluding hydrogens is 378 g/mol. The molecular formula is C17H23NO6S2. The van der Waals surface area contributed by atoms with Gasteiger partial charge in [-0.3, -0.25) is 4.79 Å². The molecule has 0 bridgehead atoms. The zero-order valence-electron chi connectivity index (χ0n) is 14.8. The molecule has 0 saturated carbocycles. The van der Waals surface area contributed by atoms with Crippen molar-refractivity contribution in [2.75, 3.05) is 31.8 Å². The molecule has 1 aromatic carbocycles. The summed E-state index contributed by atoms with van der Waals surface area (Å²) in [5, 5.41) is 2.53. The first-order valence-corrected chi connectivity index (χ1v) is 11.0. The summed E-state index contributed by atoms with van der Waals surface area (Å²) in [5.74, 6) is -0.722. The van der Waals surface area contributed by atoms with E-state index in [9.17, 15) is 18.0 Å². The molecule has 0 unspecified atom stereocenters. The molecule has 1 aliphatic rings. The normalized spacial score (nSPS) is 19.7. The molecule has 144 valence electrons. The van der Waals surface area contributed by atoms with Crippen molar-refractivity contribution < 1.29 is 27.5 Å². The van der Waals surface area contributed by atoms with E-state index in [1.165, 1.54) is 25.8 Å². The van der Waals surface area contributed by atoms with E-state index in [4.69, 9.17) is 9.47 Å². The molecule has 0 aromatic heterocycles. The fourth-order valence-corrected chi connectivity index (χ4v) is 6.09. The van der Waals surface area contributed by atoms with Crippen molar-refractivity contribution in [1.29, 1.82) is 0 Å². The number of hydrogen-bond acceptors (Lipinski definition) is 7. The zero-order valence-corrected chi connectivity index (χ0v) is 16.4. The van der Waals surface area contributed by atoms with Gasteiger partial charge in [-0.05, 0) is 25.5 Å². The van der Waals surface area contributed by atoms with E-state index in [1.807, 2.05) is 0 Å². The molecule has 0 radical (unpaired) electrons. The second kappa shape index (κ2) is 9.38. The molecule has 1 aliphatic heterocycles. The third kappa shape index (κ3) is 6.00. The summed E-state index contributed by atoms with van der Waals surface area (Å²) in [6.45, 7) is 2.20. The average Bonchev–Trinajstić information content (AvgIpc) is 2.93. The lowest BCUT2D eigenvalue weighted by atomic mass is 10.2. The number of carbonyl (C=O) groups is 2. The maximum atomic E-state index is 12.5. The Kier molecular flexibility index (Phi) is 7.48. The third-order valence-corrected chi connectivity index (χ3v) is 7.17. The first-order chi connectivity index (χ1) is 12.3. The second-order valence-corrected chi connectivity index (χ2v) is 9.54. The fourth-order valence-electron chi connectivity index (χ4n) is 2.47. The van der Waals surface area contributed by atoms with Crippen LogP contribution < -0.4 is 5.32 Å². The van der Waals surface area contributed by atoms with E-state index in [2.05, 4.69) is 5.32 Å². The number of esters is 1. The van der Waals surface area contributed by atoms with Gasteiger partial charge in [0.1, 0.15) is 0 Å². The molecule has 7 nitrogen and oxygen atoms in total. The van der Waals surface area contributed by atoms with Crippen LogP contribution in [0.25, 0.3) is 0 Å². The van der Waals surface area contributed by atoms with Gasteiger partial charge in [0.05, 0.1) is 23.7 Å². The number of carbonyl (C=O) groups excluding carboxylic acids is 2. The Balaban J connectivity index is 1.99. The number of amides is 1. The largest absolute Gasteiger partial charge is 0.449 e. The molecule has 1 fully saturated rings. The van der Waals surface area contributed by atoms with Crippen LogP contribution in [0.5, 0.6) is 0 Å². The summed E-state index contributed by atoms with van der Waals surface area (Å²) in [6, 6.07) is 6.86. The van der Waals surface area contributed by atoms with Crippen molar-refractivity contribution in [2.24, 2.45) is 0 Å². The summed E-state index contributed by atoms with van der Waals surface area (Å²) in [4.78, 5) is 25.0. The van der Waals surface area contributed by atoms with E-state index >= 15 is 0 Å². The van der Waals surface area contributed by atoms with Gasteiger partial charge in [-0.1, -0.05) is 12.1 Å². The predicted octanol–water partition coefficient (Wildman–Crippen LogP) is 1.27. The number of ether oxygens (including phenoxy) is 2. The average molecular weight is 402 g/mol. The Morgan fingerprint density at radius 1 is 1.35 bits per heavy atom. The van der Waals surface area contributed by atoms with Crippen LogP contribution in [0.4, 0.5) is 0 Å². The number of benzene rings is 1. The minimum atomic E-state index is -2.99. The summed E-state index contributed by atoms with van der Waals surface area (Å²) < 4.78 is 33.3. The number of rotatable bonds is 8. The van der Waals surface area contributed by atoms with E-state index in [1.54, 1.807) is 24.3 Å². The summed E-state index contributed by atoms with van der Waals surface area (Å²) in [6.07, 6.45) is -0.376. The molecule has 9 heteroatoms. The Bertz CT molecular complexity index is 749. The second-order valence-electron chi connectivity index (χ2n) is 5.97. The highest BCUT2D eigenvalue weighted by atomic mass is 32.2. The van der Waals surface area contributed by atoms with Gasteiger partial charge in [-0.25, -0.2) is 13.2 Å². The Labute approximate surface area is 157 Å². The first kappa shape index (κ1) is 20.7. The van der Waals surface area contributed by atoms with Gasteiger partial charge in [0, 0.05) is 23.8 Å². The van der Waals surface area contributed by atoms with E-state index in [-0.39, 0.29) is 16.8 Å². The van der Waals surface area contributed by atoms with Gasteiger partial charge >= 0.3 is 5.97 Å². The lowest BCUT2D eigenvalue weighted by molar-refractivity contribution is -0.129. The van der Waals surface area contributed by atoms with Crippen LogP contribution >= 0.6 is 11.8 Å². The Hall–Kier alpha value is -1.58. The lowest BCUT2D eigenvalue weighted by Gasteiger charge is -2.16. The van der Waals surface area contributed by atoms with Gasteiger partial charge in [0.2, 0.25) is 0 Å². The molecule has 1 aromatic rings. The number of sulfone groups is 1. The van der Waals surface area contributed by atoms with Crippen LogP contribution in [0.15, 0.2) is 29.2 Å². The number of nitrogens with one attached hydrogen (secondary N) is 1. The monoisotopic (exact) mass is 401 g/mol. The third-order valence-electron chi connectivity index (χ3n) is 3.85. The SMILES string of the molecule is COCCNC(=O)[C@@H](C)OC(=O)c1ccccc1S[C@H]1CCS(=O)(=O)C1. The Morgan fingerprint density at radius 2 is 2.08 bits per heavy atom.